The molecule has 14 heteroatoms. The van der Waals surface area contributed by atoms with E-state index in [1.54, 1.807) is 48.7 Å². The van der Waals surface area contributed by atoms with E-state index in [-0.39, 0.29) is 24.0 Å². The Balaban J connectivity index is 1.96. The van der Waals surface area contributed by atoms with Crippen LogP contribution in [0.5, 0.6) is 11.5 Å². The molecule has 0 radical (unpaired) electrons. The van der Waals surface area contributed by atoms with Crippen molar-refractivity contribution < 1.29 is 27.4 Å². The molecule has 44 heavy (non-hydrogen) atoms. The summed E-state index contributed by atoms with van der Waals surface area (Å²) in [5.74, 6) is 2.00. The molecule has 1 N–H and O–H groups in total. The number of hydrogen-bond acceptors (Lipinski definition) is 10. The lowest BCUT2D eigenvalue weighted by Crippen LogP contribution is -2.44. The third-order valence-electron chi connectivity index (χ3n) is 7.27. The van der Waals surface area contributed by atoms with Crippen LogP contribution in [0.1, 0.15) is 35.7 Å². The number of nitrogens with zero attached hydrogens (tertiary/aromatic N) is 6. The number of nitriles is 1. The van der Waals surface area contributed by atoms with Crippen molar-refractivity contribution in [3.05, 3.63) is 65.2 Å². The van der Waals surface area contributed by atoms with Gasteiger partial charge in [-0.3, -0.25) is 9.55 Å². The number of para-hydroxylation sites is 1. The van der Waals surface area contributed by atoms with E-state index in [0.717, 1.165) is 0 Å². The Kier molecular flexibility index (Phi) is 9.52. The maximum atomic E-state index is 14.5. The number of rotatable bonds is 12. The minimum Gasteiger partial charge on any atom is -0.494 e. The third-order valence-corrected chi connectivity index (χ3v) is 11.2. The van der Waals surface area contributed by atoms with Crippen molar-refractivity contribution in [1.82, 2.24) is 19.7 Å². The van der Waals surface area contributed by atoms with Gasteiger partial charge in [0.05, 0.1) is 31.2 Å². The monoisotopic (exact) mass is 638 g/mol. The minimum atomic E-state index is -4.32. The van der Waals surface area contributed by atoms with Crippen molar-refractivity contribution in [3.8, 4) is 34.8 Å². The van der Waals surface area contributed by atoms with E-state index < -0.39 is 29.5 Å². The highest BCUT2D eigenvalue weighted by Gasteiger charge is 2.40. The van der Waals surface area contributed by atoms with E-state index in [1.807, 2.05) is 6.07 Å². The molecule has 0 amide bonds. The Morgan fingerprint density at radius 3 is 2.25 bits per heavy atom. The molecule has 234 valence electrons. The summed E-state index contributed by atoms with van der Waals surface area (Å²) in [6.07, 6.45) is -1.50. The normalized spacial score (nSPS) is 13.3. The number of aryl methyl sites for hydroxylation is 2. The summed E-state index contributed by atoms with van der Waals surface area (Å²) in [4.78, 5) is 4.33. The van der Waals surface area contributed by atoms with Gasteiger partial charge in [0.15, 0.2) is 5.76 Å². The standard InChI is InChI=1S/C30H38N6O6SSi/c1-19-12-15-26(42-19)29-33-34-30(36(29)27-24(40-4)10-9-11-25(27)41-5)35(16-17-44(6,7)8)43(38,39)21(3)28(37)23-14-13-22(18-31)20(2)32-23/h9-15,21,28,37H,16-17H2,1-8H3/t21-,28-/m0/s1. The van der Waals surface area contributed by atoms with Crippen molar-refractivity contribution in [2.24, 2.45) is 0 Å². The number of pyridine rings is 1. The minimum absolute atomic E-state index is 0.0156. The number of ether oxygens (including phenoxy) is 2. The predicted molar refractivity (Wildman–Crippen MR) is 169 cm³/mol. The average Bonchev–Trinajstić information content (AvgIpc) is 3.61. The number of benzene rings is 1. The molecule has 4 aromatic rings. The molecule has 2 atom stereocenters. The van der Waals surface area contributed by atoms with Crippen molar-refractivity contribution >= 4 is 24.0 Å². The van der Waals surface area contributed by atoms with Gasteiger partial charge in [0.1, 0.15) is 40.4 Å². The molecule has 0 aliphatic carbocycles. The molecule has 3 heterocycles. The van der Waals surface area contributed by atoms with E-state index in [9.17, 15) is 18.8 Å². The second-order valence-corrected chi connectivity index (χ2v) is 19.5. The number of furan rings is 1. The zero-order valence-corrected chi connectivity index (χ0v) is 28.0. The van der Waals surface area contributed by atoms with Crippen molar-refractivity contribution in [3.63, 3.8) is 0 Å². The van der Waals surface area contributed by atoms with E-state index in [0.29, 0.717) is 46.0 Å². The van der Waals surface area contributed by atoms with Gasteiger partial charge in [0.2, 0.25) is 21.8 Å². The quantitative estimate of drug-likeness (QED) is 0.209. The maximum absolute atomic E-state index is 14.5. The number of aromatic nitrogens is 4. The Hall–Kier alpha value is -4.19. The van der Waals surface area contributed by atoms with Crippen LogP contribution >= 0.6 is 0 Å². The summed E-state index contributed by atoms with van der Waals surface area (Å²) >= 11 is 0. The fourth-order valence-electron chi connectivity index (χ4n) is 4.66. The molecule has 0 spiro atoms. The molecule has 4 rings (SSSR count). The number of hydrogen-bond donors (Lipinski definition) is 1. The highest BCUT2D eigenvalue weighted by Crippen LogP contribution is 2.40. The lowest BCUT2D eigenvalue weighted by Gasteiger charge is -2.31. The van der Waals surface area contributed by atoms with Crippen LogP contribution in [0.3, 0.4) is 0 Å². The molecule has 1 aromatic carbocycles. The number of sulfonamides is 1. The zero-order chi connectivity index (χ0) is 32.4. The van der Waals surface area contributed by atoms with Gasteiger partial charge in [-0.05, 0) is 63.2 Å². The maximum Gasteiger partial charge on any atom is 0.246 e. The third kappa shape index (κ3) is 6.49. The van der Waals surface area contributed by atoms with Crippen LogP contribution in [0.2, 0.25) is 25.7 Å². The number of methoxy groups -OCH3 is 2. The summed E-state index contributed by atoms with van der Waals surface area (Å²) in [5.41, 5.74) is 1.26. The van der Waals surface area contributed by atoms with Gasteiger partial charge >= 0.3 is 0 Å². The molecule has 0 bridgehead atoms. The topological polar surface area (TPSA) is 157 Å². The van der Waals surface area contributed by atoms with Crippen LogP contribution in [-0.2, 0) is 10.0 Å². The van der Waals surface area contributed by atoms with E-state index >= 15 is 0 Å². The van der Waals surface area contributed by atoms with Crippen molar-refractivity contribution in [1.29, 1.82) is 5.26 Å². The van der Waals surface area contributed by atoms with Gasteiger partial charge in [0.25, 0.3) is 0 Å². The fourth-order valence-corrected chi connectivity index (χ4v) is 7.27. The van der Waals surface area contributed by atoms with E-state index in [1.165, 1.54) is 37.6 Å². The largest absolute Gasteiger partial charge is 0.494 e. The molecule has 0 fully saturated rings. The molecular weight excluding hydrogens is 601 g/mol. The highest BCUT2D eigenvalue weighted by atomic mass is 32.2. The summed E-state index contributed by atoms with van der Waals surface area (Å²) in [5, 5.41) is 28.1. The second-order valence-electron chi connectivity index (χ2n) is 11.6. The Labute approximate surface area is 259 Å². The van der Waals surface area contributed by atoms with Crippen LogP contribution in [0, 0.1) is 25.2 Å². The first kappa shape index (κ1) is 32.7. The summed E-state index contributed by atoms with van der Waals surface area (Å²) in [7, 11) is -3.11. The van der Waals surface area contributed by atoms with Gasteiger partial charge in [-0.1, -0.05) is 25.7 Å². The van der Waals surface area contributed by atoms with E-state index in [4.69, 9.17) is 13.9 Å². The van der Waals surface area contributed by atoms with Crippen LogP contribution < -0.4 is 13.8 Å². The second kappa shape index (κ2) is 12.8. The summed E-state index contributed by atoms with van der Waals surface area (Å²) < 4.78 is 49.2. The van der Waals surface area contributed by atoms with Gasteiger partial charge in [0, 0.05) is 14.6 Å². The van der Waals surface area contributed by atoms with Crippen LogP contribution in [0.25, 0.3) is 17.3 Å². The smallest absolute Gasteiger partial charge is 0.246 e. The molecule has 0 unspecified atom stereocenters. The lowest BCUT2D eigenvalue weighted by molar-refractivity contribution is 0.171. The number of anilines is 1. The van der Waals surface area contributed by atoms with E-state index in [2.05, 4.69) is 34.8 Å². The average molecular weight is 639 g/mol. The molecule has 0 saturated carbocycles. The first-order chi connectivity index (χ1) is 20.7. The van der Waals surface area contributed by atoms with Crippen LogP contribution in [0.15, 0.2) is 46.9 Å². The van der Waals surface area contributed by atoms with Crippen LogP contribution in [-0.4, -0.2) is 67.4 Å². The van der Waals surface area contributed by atoms with Gasteiger partial charge in [-0.2, -0.15) is 5.26 Å². The number of aliphatic hydroxyl groups is 1. The summed E-state index contributed by atoms with van der Waals surface area (Å²) in [6.45, 7) is 11.4. The highest BCUT2D eigenvalue weighted by molar-refractivity contribution is 7.93. The lowest BCUT2D eigenvalue weighted by atomic mass is 10.1. The Bertz CT molecular complexity index is 1770. The molecule has 3 aromatic heterocycles. The molecular formula is C30H38N6O6SSi. The van der Waals surface area contributed by atoms with Gasteiger partial charge in [-0.15, -0.1) is 10.2 Å². The SMILES string of the molecule is COc1cccc(OC)c1-n1c(-c2ccc(C)o2)nnc1N(CC[Si](C)(C)C)S(=O)(=O)[C@@H](C)[C@H](O)c1ccc(C#N)c(C)n1. The zero-order valence-electron chi connectivity index (χ0n) is 26.2. The first-order valence-corrected chi connectivity index (χ1v) is 19.3. The number of aliphatic hydroxyl groups excluding tert-OH is 1. The first-order valence-electron chi connectivity index (χ1n) is 14.0. The Morgan fingerprint density at radius 2 is 1.73 bits per heavy atom. The molecule has 0 saturated heterocycles. The molecule has 12 nitrogen and oxygen atoms in total. The van der Waals surface area contributed by atoms with Gasteiger partial charge in [-0.25, -0.2) is 12.7 Å². The predicted octanol–water partition coefficient (Wildman–Crippen LogP) is 5.02. The van der Waals surface area contributed by atoms with Crippen LogP contribution in [0.4, 0.5) is 5.95 Å². The fraction of sp³-hybridized carbons (Fsp3) is 0.400. The van der Waals surface area contributed by atoms with Gasteiger partial charge < -0.3 is 19.0 Å². The van der Waals surface area contributed by atoms with Crippen molar-refractivity contribution in [2.45, 2.75) is 57.8 Å². The summed E-state index contributed by atoms with van der Waals surface area (Å²) in [6, 6.07) is 14.3. The van der Waals surface area contributed by atoms with Crippen molar-refractivity contribution in [2.75, 3.05) is 25.1 Å². The molecule has 0 aliphatic rings. The molecule has 0 aliphatic heterocycles. The Morgan fingerprint density at radius 1 is 1.07 bits per heavy atom.